The van der Waals surface area contributed by atoms with Gasteiger partial charge < -0.3 is 10.1 Å². The molecule has 1 atom stereocenters. The van der Waals surface area contributed by atoms with Gasteiger partial charge in [-0.15, -0.1) is 0 Å². The molecule has 1 aromatic heterocycles. The molecule has 2 aromatic rings. The zero-order chi connectivity index (χ0) is 18.4. The topological polar surface area (TPSA) is 56.2 Å². The number of aryl methyl sites for hydroxylation is 1. The van der Waals surface area contributed by atoms with Crippen molar-refractivity contribution in [3.05, 3.63) is 47.3 Å². The van der Waals surface area contributed by atoms with Crippen molar-refractivity contribution < 1.29 is 9.53 Å². The first-order valence-corrected chi connectivity index (χ1v) is 8.73. The van der Waals surface area contributed by atoms with Gasteiger partial charge in [0.2, 0.25) is 0 Å². The predicted molar refractivity (Wildman–Crippen MR) is 98.2 cm³/mol. The third kappa shape index (κ3) is 3.33. The summed E-state index contributed by atoms with van der Waals surface area (Å²) in [6.45, 7) is 12.0. The smallest absolute Gasteiger partial charge is 0.255 e. The lowest BCUT2D eigenvalue weighted by atomic mass is 9.94. The first-order valence-electron chi connectivity index (χ1n) is 8.73. The van der Waals surface area contributed by atoms with Crippen LogP contribution in [0.3, 0.4) is 0 Å². The number of hydrogen-bond donors (Lipinski definition) is 1. The SMILES string of the molecule is Cc1nn(-c2ccccc2)c(C)c1C(=O)NC1CC(C)(C)OC1(C)C. The molecular weight excluding hydrogens is 314 g/mol. The molecule has 1 saturated heterocycles. The van der Waals surface area contributed by atoms with Crippen molar-refractivity contribution >= 4 is 5.91 Å². The van der Waals surface area contributed by atoms with Crippen LogP contribution in [0.25, 0.3) is 5.69 Å². The van der Waals surface area contributed by atoms with Crippen molar-refractivity contribution in [1.82, 2.24) is 15.1 Å². The van der Waals surface area contributed by atoms with Crippen LogP contribution in [0.5, 0.6) is 0 Å². The molecule has 1 aromatic carbocycles. The number of amides is 1. The molecule has 1 unspecified atom stereocenters. The molecule has 1 aliphatic heterocycles. The van der Waals surface area contributed by atoms with E-state index < -0.39 is 5.60 Å². The lowest BCUT2D eigenvalue weighted by Gasteiger charge is -2.27. The van der Waals surface area contributed by atoms with Gasteiger partial charge >= 0.3 is 0 Å². The van der Waals surface area contributed by atoms with E-state index in [2.05, 4.69) is 24.3 Å². The van der Waals surface area contributed by atoms with E-state index in [1.54, 1.807) is 0 Å². The fraction of sp³-hybridized carbons (Fsp3) is 0.500. The summed E-state index contributed by atoms with van der Waals surface area (Å²) in [6.07, 6.45) is 0.788. The molecule has 1 fully saturated rings. The number of rotatable bonds is 3. The number of ether oxygens (including phenoxy) is 1. The van der Waals surface area contributed by atoms with Gasteiger partial charge in [-0.2, -0.15) is 5.10 Å². The first kappa shape index (κ1) is 17.7. The molecule has 25 heavy (non-hydrogen) atoms. The van der Waals surface area contributed by atoms with Crippen molar-refractivity contribution in [1.29, 1.82) is 0 Å². The van der Waals surface area contributed by atoms with Crippen LogP contribution in [0.2, 0.25) is 0 Å². The first-order chi connectivity index (χ1) is 11.6. The van der Waals surface area contributed by atoms with Crippen LogP contribution < -0.4 is 5.32 Å². The second-order valence-electron chi connectivity index (χ2n) is 7.99. The minimum Gasteiger partial charge on any atom is -0.367 e. The Balaban J connectivity index is 1.88. The summed E-state index contributed by atoms with van der Waals surface area (Å²) >= 11 is 0. The molecule has 0 radical (unpaired) electrons. The van der Waals surface area contributed by atoms with Crippen LogP contribution in [0.4, 0.5) is 0 Å². The lowest BCUT2D eigenvalue weighted by Crippen LogP contribution is -2.46. The molecule has 0 aliphatic carbocycles. The second kappa shape index (κ2) is 5.99. The molecule has 1 amide bonds. The van der Waals surface area contributed by atoms with Gasteiger partial charge in [0.25, 0.3) is 5.91 Å². The molecule has 5 heteroatoms. The third-order valence-corrected chi connectivity index (χ3v) is 4.90. The summed E-state index contributed by atoms with van der Waals surface area (Å²) in [6, 6.07) is 9.83. The van der Waals surface area contributed by atoms with Crippen molar-refractivity contribution in [2.24, 2.45) is 0 Å². The van der Waals surface area contributed by atoms with Gasteiger partial charge in [-0.05, 0) is 60.1 Å². The van der Waals surface area contributed by atoms with Gasteiger partial charge in [-0.1, -0.05) is 18.2 Å². The Morgan fingerprint density at radius 3 is 2.40 bits per heavy atom. The second-order valence-corrected chi connectivity index (χ2v) is 7.99. The van der Waals surface area contributed by atoms with E-state index in [1.807, 2.05) is 62.7 Å². The Hall–Kier alpha value is -2.14. The van der Waals surface area contributed by atoms with Crippen LogP contribution in [0.15, 0.2) is 30.3 Å². The normalized spacial score (nSPS) is 21.3. The highest BCUT2D eigenvalue weighted by molar-refractivity contribution is 5.96. The van der Waals surface area contributed by atoms with Gasteiger partial charge in [0.15, 0.2) is 0 Å². The van der Waals surface area contributed by atoms with Crippen LogP contribution in [-0.2, 0) is 4.74 Å². The fourth-order valence-electron chi connectivity index (χ4n) is 3.81. The Kier molecular flexibility index (Phi) is 4.23. The van der Waals surface area contributed by atoms with Crippen molar-refractivity contribution in [3.63, 3.8) is 0 Å². The average molecular weight is 341 g/mol. The van der Waals surface area contributed by atoms with Crippen LogP contribution >= 0.6 is 0 Å². The summed E-state index contributed by atoms with van der Waals surface area (Å²) in [5.41, 5.74) is 2.54. The number of carbonyl (C=O) groups is 1. The van der Waals surface area contributed by atoms with E-state index in [9.17, 15) is 4.79 Å². The number of benzene rings is 1. The predicted octanol–water partition coefficient (Wildman–Crippen LogP) is 3.57. The van der Waals surface area contributed by atoms with Gasteiger partial charge in [0, 0.05) is 0 Å². The standard InChI is InChI=1S/C20H27N3O2/c1-13-17(14(2)23(22-13)15-10-8-7-9-11-15)18(24)21-16-12-19(3,4)25-20(16,5)6/h7-11,16H,12H2,1-6H3,(H,21,24). The van der Waals surface area contributed by atoms with E-state index in [-0.39, 0.29) is 17.6 Å². The number of carbonyl (C=O) groups excluding carboxylic acids is 1. The Morgan fingerprint density at radius 2 is 1.84 bits per heavy atom. The molecule has 1 aliphatic rings. The number of nitrogens with zero attached hydrogens (tertiary/aromatic N) is 2. The maximum absolute atomic E-state index is 13.0. The molecular formula is C20H27N3O2. The van der Waals surface area contributed by atoms with Crippen molar-refractivity contribution in [2.75, 3.05) is 0 Å². The molecule has 0 spiro atoms. The van der Waals surface area contributed by atoms with Gasteiger partial charge in [-0.3, -0.25) is 4.79 Å². The molecule has 134 valence electrons. The molecule has 1 N–H and O–H groups in total. The quantitative estimate of drug-likeness (QED) is 0.928. The summed E-state index contributed by atoms with van der Waals surface area (Å²) in [4.78, 5) is 13.0. The fourth-order valence-corrected chi connectivity index (χ4v) is 3.81. The molecule has 2 heterocycles. The highest BCUT2D eigenvalue weighted by atomic mass is 16.5. The minimum atomic E-state index is -0.392. The largest absolute Gasteiger partial charge is 0.367 e. The maximum atomic E-state index is 13.0. The highest BCUT2D eigenvalue weighted by Crippen LogP contribution is 2.37. The van der Waals surface area contributed by atoms with E-state index in [1.165, 1.54) is 0 Å². The molecule has 0 saturated carbocycles. The van der Waals surface area contributed by atoms with E-state index in [0.29, 0.717) is 5.56 Å². The van der Waals surface area contributed by atoms with Crippen molar-refractivity contribution in [3.8, 4) is 5.69 Å². The third-order valence-electron chi connectivity index (χ3n) is 4.90. The summed E-state index contributed by atoms with van der Waals surface area (Å²) in [7, 11) is 0. The van der Waals surface area contributed by atoms with Crippen LogP contribution in [-0.4, -0.2) is 32.9 Å². The highest BCUT2D eigenvalue weighted by Gasteiger charge is 2.46. The zero-order valence-corrected chi connectivity index (χ0v) is 15.9. The zero-order valence-electron chi connectivity index (χ0n) is 15.9. The minimum absolute atomic E-state index is 0.0334. The van der Waals surface area contributed by atoms with Gasteiger partial charge in [-0.25, -0.2) is 4.68 Å². The molecule has 3 rings (SSSR count). The summed E-state index contributed by atoms with van der Waals surface area (Å²) < 4.78 is 7.91. The lowest BCUT2D eigenvalue weighted by molar-refractivity contribution is -0.0693. The van der Waals surface area contributed by atoms with Crippen LogP contribution in [0.1, 0.15) is 55.9 Å². The van der Waals surface area contributed by atoms with Crippen molar-refractivity contribution in [2.45, 2.75) is 65.2 Å². The summed E-state index contributed by atoms with van der Waals surface area (Å²) in [5.74, 6) is -0.0865. The average Bonchev–Trinajstić information content (AvgIpc) is 2.91. The van der Waals surface area contributed by atoms with E-state index >= 15 is 0 Å². The van der Waals surface area contributed by atoms with Crippen LogP contribution in [0, 0.1) is 13.8 Å². The number of hydrogen-bond acceptors (Lipinski definition) is 3. The Labute approximate surface area is 149 Å². The maximum Gasteiger partial charge on any atom is 0.255 e. The monoisotopic (exact) mass is 341 g/mol. The number of nitrogens with one attached hydrogen (secondary N) is 1. The molecule has 0 bridgehead atoms. The van der Waals surface area contributed by atoms with Gasteiger partial charge in [0.1, 0.15) is 0 Å². The Morgan fingerprint density at radius 1 is 1.20 bits per heavy atom. The van der Waals surface area contributed by atoms with E-state index in [0.717, 1.165) is 23.5 Å². The Bertz CT molecular complexity index is 791. The number of para-hydroxylation sites is 1. The number of aromatic nitrogens is 2. The van der Waals surface area contributed by atoms with E-state index in [4.69, 9.17) is 4.74 Å². The molecule has 5 nitrogen and oxygen atoms in total. The summed E-state index contributed by atoms with van der Waals surface area (Å²) in [5, 5.41) is 7.74. The van der Waals surface area contributed by atoms with Gasteiger partial charge in [0.05, 0.1) is 39.9 Å².